The minimum atomic E-state index is 0.0592. The molecule has 0 spiro atoms. The average Bonchev–Trinajstić information content (AvgIpc) is 2.45. The highest BCUT2D eigenvalue weighted by Crippen LogP contribution is 2.26. The maximum atomic E-state index is 6.27. The van der Waals surface area contributed by atoms with Gasteiger partial charge in [0.2, 0.25) is 0 Å². The number of hydrogen-bond donors (Lipinski definition) is 1. The smallest absolute Gasteiger partial charge is 0.0763 e. The van der Waals surface area contributed by atoms with E-state index in [1.165, 1.54) is 0 Å². The van der Waals surface area contributed by atoms with E-state index < -0.39 is 0 Å². The Bertz CT molecular complexity index is 546. The number of aromatic nitrogens is 2. The van der Waals surface area contributed by atoms with E-state index in [-0.39, 0.29) is 6.04 Å². The molecule has 0 radical (unpaired) electrons. The first kappa shape index (κ1) is 15.2. The minimum Gasteiger partial charge on any atom is -0.308 e. The maximum absolute atomic E-state index is 6.27. The van der Waals surface area contributed by atoms with Crippen LogP contribution in [0.25, 0.3) is 0 Å². The number of pyridine rings is 2. The van der Waals surface area contributed by atoms with Gasteiger partial charge in [-0.15, -0.1) is 0 Å². The number of hydrogen-bond acceptors (Lipinski definition) is 3. The van der Waals surface area contributed by atoms with Gasteiger partial charge in [-0.2, -0.15) is 0 Å². The van der Waals surface area contributed by atoms with Crippen molar-refractivity contribution in [1.29, 1.82) is 0 Å². The molecule has 0 saturated carbocycles. The Kier molecular flexibility index (Phi) is 5.77. The fraction of sp³-hybridized carbons (Fsp3) is 0.333. The van der Waals surface area contributed by atoms with Crippen LogP contribution in [0.3, 0.4) is 0 Å². The fourth-order valence-corrected chi connectivity index (χ4v) is 2.53. The molecule has 0 aromatic carbocycles. The van der Waals surface area contributed by atoms with Crippen LogP contribution in [0.15, 0.2) is 36.8 Å². The Balaban J connectivity index is 2.22. The van der Waals surface area contributed by atoms with Crippen molar-refractivity contribution in [1.82, 2.24) is 15.3 Å². The normalized spacial score (nSPS) is 12.3. The third-order valence-electron chi connectivity index (χ3n) is 2.97. The number of halogens is 2. The molecule has 0 bridgehead atoms. The molecule has 2 rings (SSSR count). The highest BCUT2D eigenvalue weighted by atomic mass is 35.5. The zero-order chi connectivity index (χ0) is 14.4. The third-order valence-corrected chi connectivity index (χ3v) is 3.48. The van der Waals surface area contributed by atoms with Gasteiger partial charge in [0.1, 0.15) is 0 Å². The van der Waals surface area contributed by atoms with Gasteiger partial charge in [-0.3, -0.25) is 9.97 Å². The zero-order valence-electron chi connectivity index (χ0n) is 11.3. The molecule has 3 nitrogen and oxygen atoms in total. The molecule has 0 fully saturated rings. The van der Waals surface area contributed by atoms with Crippen LogP contribution >= 0.6 is 23.2 Å². The lowest BCUT2D eigenvalue weighted by Gasteiger charge is -2.19. The van der Waals surface area contributed by atoms with Crippen molar-refractivity contribution in [3.63, 3.8) is 0 Å². The van der Waals surface area contributed by atoms with Crippen molar-refractivity contribution in [2.24, 2.45) is 0 Å². The van der Waals surface area contributed by atoms with E-state index in [0.29, 0.717) is 10.0 Å². The largest absolute Gasteiger partial charge is 0.308 e. The summed E-state index contributed by atoms with van der Waals surface area (Å²) in [7, 11) is 0. The van der Waals surface area contributed by atoms with Gasteiger partial charge < -0.3 is 5.32 Å². The van der Waals surface area contributed by atoms with Crippen molar-refractivity contribution < 1.29 is 0 Å². The van der Waals surface area contributed by atoms with Crippen LogP contribution in [-0.4, -0.2) is 16.5 Å². The van der Waals surface area contributed by atoms with Crippen LogP contribution in [0.5, 0.6) is 0 Å². The van der Waals surface area contributed by atoms with Gasteiger partial charge in [-0.05, 0) is 37.1 Å². The van der Waals surface area contributed by atoms with Gasteiger partial charge in [0.25, 0.3) is 0 Å². The lowest BCUT2D eigenvalue weighted by Crippen LogP contribution is -2.25. The van der Waals surface area contributed by atoms with Crippen LogP contribution in [0.1, 0.15) is 30.6 Å². The summed E-state index contributed by atoms with van der Waals surface area (Å²) < 4.78 is 0. The lowest BCUT2D eigenvalue weighted by molar-refractivity contribution is 0.517. The molecule has 1 N–H and O–H groups in total. The Morgan fingerprint density at radius 2 is 2.15 bits per heavy atom. The van der Waals surface area contributed by atoms with E-state index in [4.69, 9.17) is 23.2 Å². The van der Waals surface area contributed by atoms with Gasteiger partial charge in [0, 0.05) is 18.6 Å². The Hall–Kier alpha value is -1.16. The first-order chi connectivity index (χ1) is 9.70. The molecule has 0 aliphatic heterocycles. The van der Waals surface area contributed by atoms with E-state index in [0.717, 1.165) is 30.6 Å². The number of nitrogens with zero attached hydrogens (tertiary/aromatic N) is 2. The molecule has 2 aromatic heterocycles. The van der Waals surface area contributed by atoms with Crippen molar-refractivity contribution in [2.45, 2.75) is 25.8 Å². The van der Waals surface area contributed by atoms with Crippen molar-refractivity contribution in [2.75, 3.05) is 6.54 Å². The second kappa shape index (κ2) is 7.58. The molecule has 106 valence electrons. The SMILES string of the molecule is CCCNC(Cc1cccnc1)c1ncc(Cl)cc1Cl. The first-order valence-electron chi connectivity index (χ1n) is 6.64. The molecular formula is C15H17Cl2N3. The van der Waals surface area contributed by atoms with Gasteiger partial charge in [0.05, 0.1) is 21.8 Å². The summed E-state index contributed by atoms with van der Waals surface area (Å²) in [5, 5.41) is 4.62. The predicted octanol–water partition coefficient (Wildman–Crippen LogP) is 4.07. The summed E-state index contributed by atoms with van der Waals surface area (Å²) >= 11 is 12.2. The summed E-state index contributed by atoms with van der Waals surface area (Å²) in [6.07, 6.45) is 7.11. The monoisotopic (exact) mass is 309 g/mol. The fourth-order valence-electron chi connectivity index (χ4n) is 2.02. The van der Waals surface area contributed by atoms with Crippen molar-refractivity contribution in [3.05, 3.63) is 58.1 Å². The predicted molar refractivity (Wildman–Crippen MR) is 83.2 cm³/mol. The van der Waals surface area contributed by atoms with E-state index in [9.17, 15) is 0 Å². The molecule has 20 heavy (non-hydrogen) atoms. The third kappa shape index (κ3) is 4.17. The molecule has 2 aromatic rings. The van der Waals surface area contributed by atoms with Crippen LogP contribution in [0, 0.1) is 0 Å². The van der Waals surface area contributed by atoms with Crippen molar-refractivity contribution >= 4 is 23.2 Å². The van der Waals surface area contributed by atoms with Crippen LogP contribution < -0.4 is 5.32 Å². The van der Waals surface area contributed by atoms with Crippen LogP contribution in [0.4, 0.5) is 0 Å². The second-order valence-corrected chi connectivity index (χ2v) is 5.44. The molecule has 0 amide bonds. The second-order valence-electron chi connectivity index (χ2n) is 4.59. The molecule has 5 heteroatoms. The van der Waals surface area contributed by atoms with E-state index in [1.54, 1.807) is 18.5 Å². The number of nitrogens with one attached hydrogen (secondary N) is 1. The Morgan fingerprint density at radius 3 is 2.80 bits per heavy atom. The van der Waals surface area contributed by atoms with Gasteiger partial charge in [-0.1, -0.05) is 36.2 Å². The average molecular weight is 310 g/mol. The van der Waals surface area contributed by atoms with E-state index in [1.807, 2.05) is 12.3 Å². The van der Waals surface area contributed by atoms with Gasteiger partial charge >= 0.3 is 0 Å². The van der Waals surface area contributed by atoms with Crippen LogP contribution in [0.2, 0.25) is 10.0 Å². The highest BCUT2D eigenvalue weighted by Gasteiger charge is 2.16. The molecular weight excluding hydrogens is 293 g/mol. The summed E-state index contributed by atoms with van der Waals surface area (Å²) in [5.74, 6) is 0. The number of rotatable bonds is 6. The molecule has 1 atom stereocenters. The molecule has 2 heterocycles. The summed E-state index contributed by atoms with van der Waals surface area (Å²) in [5.41, 5.74) is 1.97. The standard InChI is InChI=1S/C15H17Cl2N3/c1-2-5-19-14(7-11-4-3-6-18-9-11)15-13(17)8-12(16)10-20-15/h3-4,6,8-10,14,19H,2,5,7H2,1H3. The summed E-state index contributed by atoms with van der Waals surface area (Å²) in [6.45, 7) is 3.04. The summed E-state index contributed by atoms with van der Waals surface area (Å²) in [4.78, 5) is 8.53. The van der Waals surface area contributed by atoms with Gasteiger partial charge in [-0.25, -0.2) is 0 Å². The van der Waals surface area contributed by atoms with E-state index >= 15 is 0 Å². The molecule has 0 aliphatic carbocycles. The highest BCUT2D eigenvalue weighted by molar-refractivity contribution is 6.34. The first-order valence-corrected chi connectivity index (χ1v) is 7.39. The Morgan fingerprint density at radius 1 is 1.30 bits per heavy atom. The topological polar surface area (TPSA) is 37.8 Å². The molecule has 1 unspecified atom stereocenters. The maximum Gasteiger partial charge on any atom is 0.0763 e. The quantitative estimate of drug-likeness (QED) is 0.874. The molecule has 0 saturated heterocycles. The minimum absolute atomic E-state index is 0.0592. The van der Waals surface area contributed by atoms with Crippen LogP contribution in [-0.2, 0) is 6.42 Å². The Labute approximate surface area is 129 Å². The molecule has 0 aliphatic rings. The summed E-state index contributed by atoms with van der Waals surface area (Å²) in [6, 6.07) is 5.78. The van der Waals surface area contributed by atoms with E-state index in [2.05, 4.69) is 28.3 Å². The van der Waals surface area contributed by atoms with Crippen molar-refractivity contribution in [3.8, 4) is 0 Å². The van der Waals surface area contributed by atoms with Gasteiger partial charge in [0.15, 0.2) is 0 Å². The zero-order valence-corrected chi connectivity index (χ0v) is 12.8. The lowest BCUT2D eigenvalue weighted by atomic mass is 10.0.